The molecule has 0 spiro atoms. The van der Waals surface area contributed by atoms with Crippen molar-refractivity contribution in [3.63, 3.8) is 0 Å². The highest BCUT2D eigenvalue weighted by molar-refractivity contribution is 7.15. The quantitative estimate of drug-likeness (QED) is 0.771. The van der Waals surface area contributed by atoms with Crippen molar-refractivity contribution in [2.24, 2.45) is 0 Å². The second kappa shape index (κ2) is 6.66. The summed E-state index contributed by atoms with van der Waals surface area (Å²) in [5, 5.41) is 3.34. The van der Waals surface area contributed by atoms with Gasteiger partial charge in [0.15, 0.2) is 10.9 Å². The van der Waals surface area contributed by atoms with Crippen LogP contribution >= 0.6 is 11.3 Å². The summed E-state index contributed by atoms with van der Waals surface area (Å²) < 4.78 is 10.2. The van der Waals surface area contributed by atoms with Crippen LogP contribution in [0.15, 0.2) is 47.1 Å². The Balaban J connectivity index is 1.71. The van der Waals surface area contributed by atoms with Gasteiger partial charge in [-0.1, -0.05) is 12.1 Å². The zero-order valence-electron chi connectivity index (χ0n) is 12.8. The Morgan fingerprint density at radius 2 is 2.09 bits per heavy atom. The second-order valence-electron chi connectivity index (χ2n) is 4.98. The first kappa shape index (κ1) is 15.3. The summed E-state index contributed by atoms with van der Waals surface area (Å²) in [5.41, 5.74) is 2.09. The van der Waals surface area contributed by atoms with E-state index in [0.29, 0.717) is 5.13 Å². The number of hydrogen-bond acceptors (Lipinski definition) is 5. The van der Waals surface area contributed by atoms with Gasteiger partial charge in [-0.25, -0.2) is 4.98 Å². The number of carbonyl (C=O) groups excluding carboxylic acids is 1. The number of furan rings is 1. The second-order valence-corrected chi connectivity index (χ2v) is 6.07. The Hall–Kier alpha value is -2.60. The predicted molar refractivity (Wildman–Crippen MR) is 89.3 cm³/mol. The van der Waals surface area contributed by atoms with Crippen LogP contribution in [0.5, 0.6) is 5.75 Å². The van der Waals surface area contributed by atoms with E-state index in [1.54, 1.807) is 19.2 Å². The van der Waals surface area contributed by atoms with E-state index in [1.807, 2.05) is 31.2 Å². The molecule has 0 aliphatic heterocycles. The number of benzene rings is 1. The van der Waals surface area contributed by atoms with Crippen molar-refractivity contribution in [3.05, 3.63) is 64.6 Å². The Labute approximate surface area is 137 Å². The predicted octanol–water partition coefficient (Wildman–Crippen LogP) is 3.90. The monoisotopic (exact) mass is 328 g/mol. The third-order valence-corrected chi connectivity index (χ3v) is 4.45. The van der Waals surface area contributed by atoms with E-state index in [1.165, 1.54) is 23.2 Å². The maximum absolute atomic E-state index is 12.0. The maximum Gasteiger partial charge on any atom is 0.293 e. The van der Waals surface area contributed by atoms with E-state index >= 15 is 0 Å². The van der Waals surface area contributed by atoms with Crippen molar-refractivity contribution < 1.29 is 13.9 Å². The van der Waals surface area contributed by atoms with E-state index < -0.39 is 0 Å². The number of nitrogens with one attached hydrogen (secondary N) is 1. The standard InChI is InChI=1S/C17H16N2O3S/c1-11-15(10-12-5-7-13(21-2)8-6-12)23-17(18-11)19-16(20)14-4-3-9-22-14/h3-9H,10H2,1-2H3,(H,18,19,20). The van der Waals surface area contributed by atoms with Gasteiger partial charge in [0.1, 0.15) is 5.75 Å². The maximum atomic E-state index is 12.0. The molecule has 0 saturated carbocycles. The molecular weight excluding hydrogens is 312 g/mol. The van der Waals surface area contributed by atoms with Crippen LogP contribution in [0.3, 0.4) is 0 Å². The van der Waals surface area contributed by atoms with Crippen LogP contribution in [-0.4, -0.2) is 18.0 Å². The smallest absolute Gasteiger partial charge is 0.293 e. The number of hydrogen-bond donors (Lipinski definition) is 1. The lowest BCUT2D eigenvalue weighted by Gasteiger charge is -2.02. The number of ether oxygens (including phenoxy) is 1. The third kappa shape index (κ3) is 3.60. The highest BCUT2D eigenvalue weighted by atomic mass is 32.1. The molecule has 3 aromatic rings. The fourth-order valence-electron chi connectivity index (χ4n) is 2.14. The van der Waals surface area contributed by atoms with Gasteiger partial charge in [0.25, 0.3) is 5.91 Å². The van der Waals surface area contributed by atoms with Crippen LogP contribution in [0, 0.1) is 6.92 Å². The fraction of sp³-hybridized carbons (Fsp3) is 0.176. The average Bonchev–Trinajstić information content (AvgIpc) is 3.19. The van der Waals surface area contributed by atoms with Gasteiger partial charge in [0.05, 0.1) is 19.1 Å². The van der Waals surface area contributed by atoms with Crippen molar-refractivity contribution in [1.29, 1.82) is 0 Å². The number of aromatic nitrogens is 1. The highest BCUT2D eigenvalue weighted by Crippen LogP contribution is 2.26. The zero-order chi connectivity index (χ0) is 16.2. The Morgan fingerprint density at radius 1 is 1.30 bits per heavy atom. The molecule has 0 bridgehead atoms. The molecule has 1 amide bonds. The number of rotatable bonds is 5. The Kier molecular flexibility index (Phi) is 4.43. The van der Waals surface area contributed by atoms with Crippen molar-refractivity contribution in [2.45, 2.75) is 13.3 Å². The molecule has 2 aromatic heterocycles. The third-order valence-electron chi connectivity index (χ3n) is 3.38. The lowest BCUT2D eigenvalue weighted by atomic mass is 10.1. The van der Waals surface area contributed by atoms with Crippen molar-refractivity contribution in [3.8, 4) is 5.75 Å². The molecule has 118 valence electrons. The minimum atomic E-state index is -0.292. The molecule has 0 radical (unpaired) electrons. The SMILES string of the molecule is COc1ccc(Cc2sc(NC(=O)c3ccco3)nc2C)cc1. The van der Waals surface area contributed by atoms with Gasteiger partial charge >= 0.3 is 0 Å². The van der Waals surface area contributed by atoms with Gasteiger partial charge in [-0.3, -0.25) is 10.1 Å². The lowest BCUT2D eigenvalue weighted by molar-refractivity contribution is 0.0996. The van der Waals surface area contributed by atoms with Crippen LogP contribution in [0.25, 0.3) is 0 Å². The van der Waals surface area contributed by atoms with E-state index in [2.05, 4.69) is 10.3 Å². The lowest BCUT2D eigenvalue weighted by Crippen LogP contribution is -2.10. The number of methoxy groups -OCH3 is 1. The number of aryl methyl sites for hydroxylation is 1. The van der Waals surface area contributed by atoms with E-state index in [9.17, 15) is 4.79 Å². The molecule has 23 heavy (non-hydrogen) atoms. The highest BCUT2D eigenvalue weighted by Gasteiger charge is 2.13. The van der Waals surface area contributed by atoms with E-state index in [0.717, 1.165) is 22.7 Å². The van der Waals surface area contributed by atoms with Crippen molar-refractivity contribution in [1.82, 2.24) is 4.98 Å². The van der Waals surface area contributed by atoms with Gasteiger partial charge in [-0.05, 0) is 36.8 Å². The number of anilines is 1. The first-order valence-electron chi connectivity index (χ1n) is 7.10. The topological polar surface area (TPSA) is 64.4 Å². The summed E-state index contributed by atoms with van der Waals surface area (Å²) in [7, 11) is 1.65. The summed E-state index contributed by atoms with van der Waals surface area (Å²) >= 11 is 1.47. The number of carbonyl (C=O) groups is 1. The molecule has 1 aromatic carbocycles. The number of nitrogens with zero attached hydrogens (tertiary/aromatic N) is 1. The van der Waals surface area contributed by atoms with Crippen LogP contribution < -0.4 is 10.1 Å². The molecule has 1 N–H and O–H groups in total. The molecular formula is C17H16N2O3S. The molecule has 0 unspecified atom stereocenters. The molecule has 0 atom stereocenters. The normalized spacial score (nSPS) is 10.5. The zero-order valence-corrected chi connectivity index (χ0v) is 13.6. The summed E-state index contributed by atoms with van der Waals surface area (Å²) in [6.07, 6.45) is 2.24. The molecule has 0 aliphatic carbocycles. The Morgan fingerprint density at radius 3 is 2.74 bits per heavy atom. The number of thiazole rings is 1. The van der Waals surface area contributed by atoms with E-state index in [4.69, 9.17) is 9.15 Å². The summed E-state index contributed by atoms with van der Waals surface area (Å²) in [6.45, 7) is 1.94. The summed E-state index contributed by atoms with van der Waals surface area (Å²) in [4.78, 5) is 17.5. The Bertz CT molecular complexity index is 792. The van der Waals surface area contributed by atoms with E-state index in [-0.39, 0.29) is 11.7 Å². The molecule has 0 fully saturated rings. The van der Waals surface area contributed by atoms with Gasteiger partial charge in [-0.15, -0.1) is 11.3 Å². The van der Waals surface area contributed by atoms with Crippen LogP contribution in [-0.2, 0) is 6.42 Å². The van der Waals surface area contributed by atoms with Gasteiger partial charge in [-0.2, -0.15) is 0 Å². The average molecular weight is 328 g/mol. The van der Waals surface area contributed by atoms with Gasteiger partial charge in [0, 0.05) is 11.3 Å². The van der Waals surface area contributed by atoms with Crippen LogP contribution in [0.2, 0.25) is 0 Å². The van der Waals surface area contributed by atoms with Crippen molar-refractivity contribution >= 4 is 22.4 Å². The molecule has 5 nitrogen and oxygen atoms in total. The molecule has 3 rings (SSSR count). The minimum Gasteiger partial charge on any atom is -0.497 e. The largest absolute Gasteiger partial charge is 0.497 e. The van der Waals surface area contributed by atoms with Crippen molar-refractivity contribution in [2.75, 3.05) is 12.4 Å². The molecule has 2 heterocycles. The number of amides is 1. The molecule has 0 aliphatic rings. The van der Waals surface area contributed by atoms with Gasteiger partial charge < -0.3 is 9.15 Å². The first-order valence-corrected chi connectivity index (χ1v) is 7.91. The first-order chi connectivity index (χ1) is 11.2. The fourth-order valence-corrected chi connectivity index (χ4v) is 3.13. The molecule has 6 heteroatoms. The molecule has 0 saturated heterocycles. The summed E-state index contributed by atoms with van der Waals surface area (Å²) in [6, 6.07) is 11.2. The van der Waals surface area contributed by atoms with Gasteiger partial charge in [0.2, 0.25) is 0 Å². The van der Waals surface area contributed by atoms with Crippen LogP contribution in [0.1, 0.15) is 26.7 Å². The van der Waals surface area contributed by atoms with Crippen LogP contribution in [0.4, 0.5) is 5.13 Å². The minimum absolute atomic E-state index is 0.273. The summed E-state index contributed by atoms with van der Waals surface area (Å²) in [5.74, 6) is 0.815.